The smallest absolute Gasteiger partial charge is 0.193 e. The number of carbonyl (C=O) groups is 2. The van der Waals surface area contributed by atoms with Gasteiger partial charge in [-0.15, -0.1) is 0 Å². The highest BCUT2D eigenvalue weighted by molar-refractivity contribution is 6.11. The van der Waals surface area contributed by atoms with Crippen LogP contribution in [0.1, 0.15) is 71.1 Å². The van der Waals surface area contributed by atoms with Crippen molar-refractivity contribution in [3.05, 3.63) is 189 Å². The molecule has 1 spiro atoms. The molecule has 8 rings (SSSR count). The SMILES string of the molecule is Cc1ccccc1C(=O)c1ccc2c(c1)C1(c3ccccc3-2)c2cc(C(=O)c3ccccc3C)ccc2C2C=CC=CC21. The first-order valence-corrected chi connectivity index (χ1v) is 14.9. The average molecular weight is 555 g/mol. The Kier molecular flexibility index (Phi) is 5.64. The van der Waals surface area contributed by atoms with Crippen molar-refractivity contribution < 1.29 is 9.59 Å². The Bertz CT molecular complexity index is 2060. The molecule has 3 unspecified atom stereocenters. The molecule has 3 aliphatic carbocycles. The maximum absolute atomic E-state index is 13.9. The number of rotatable bonds is 4. The lowest BCUT2D eigenvalue weighted by atomic mass is 9.65. The highest BCUT2D eigenvalue weighted by Gasteiger charge is 2.57. The number of allylic oxidation sites excluding steroid dienone is 4. The summed E-state index contributed by atoms with van der Waals surface area (Å²) in [5, 5.41) is 0. The largest absolute Gasteiger partial charge is 0.289 e. The Hall–Kier alpha value is -5.08. The van der Waals surface area contributed by atoms with Gasteiger partial charge in [0.05, 0.1) is 5.41 Å². The zero-order valence-corrected chi connectivity index (χ0v) is 24.2. The van der Waals surface area contributed by atoms with Crippen LogP contribution in [0.5, 0.6) is 0 Å². The Morgan fingerprint density at radius 1 is 0.558 bits per heavy atom. The third-order valence-corrected chi connectivity index (χ3v) is 9.86. The van der Waals surface area contributed by atoms with Crippen molar-refractivity contribution in [3.8, 4) is 11.1 Å². The van der Waals surface area contributed by atoms with Crippen LogP contribution in [0, 0.1) is 19.8 Å². The summed E-state index contributed by atoms with van der Waals surface area (Å²) in [4.78, 5) is 27.9. The van der Waals surface area contributed by atoms with Crippen molar-refractivity contribution in [3.63, 3.8) is 0 Å². The topological polar surface area (TPSA) is 34.1 Å². The molecule has 43 heavy (non-hydrogen) atoms. The molecule has 0 aliphatic heterocycles. The predicted octanol–water partition coefficient (Wildman–Crippen LogP) is 8.92. The van der Waals surface area contributed by atoms with Gasteiger partial charge in [0, 0.05) is 34.1 Å². The molecule has 206 valence electrons. The van der Waals surface area contributed by atoms with Gasteiger partial charge in [0.1, 0.15) is 0 Å². The van der Waals surface area contributed by atoms with Crippen molar-refractivity contribution in [1.29, 1.82) is 0 Å². The van der Waals surface area contributed by atoms with E-state index in [0.717, 1.165) is 38.9 Å². The average Bonchev–Trinajstić information content (AvgIpc) is 3.51. The summed E-state index contributed by atoms with van der Waals surface area (Å²) in [6, 6.07) is 36.8. The van der Waals surface area contributed by atoms with Crippen LogP contribution in [0.2, 0.25) is 0 Å². The van der Waals surface area contributed by atoms with E-state index in [0.29, 0.717) is 11.1 Å². The van der Waals surface area contributed by atoms with Gasteiger partial charge < -0.3 is 0 Å². The second kappa shape index (κ2) is 9.47. The van der Waals surface area contributed by atoms with E-state index in [-0.39, 0.29) is 23.4 Å². The molecule has 0 heterocycles. The summed E-state index contributed by atoms with van der Waals surface area (Å²) in [6.45, 7) is 3.98. The second-order valence-electron chi connectivity index (χ2n) is 12.0. The number of ketones is 2. The van der Waals surface area contributed by atoms with E-state index < -0.39 is 5.41 Å². The minimum Gasteiger partial charge on any atom is -0.289 e. The molecule has 3 atom stereocenters. The maximum Gasteiger partial charge on any atom is 0.193 e. The van der Waals surface area contributed by atoms with E-state index in [1.54, 1.807) is 0 Å². The van der Waals surface area contributed by atoms with Crippen LogP contribution < -0.4 is 0 Å². The molecule has 0 bridgehead atoms. The fourth-order valence-electron chi connectivity index (χ4n) is 7.90. The lowest BCUT2D eigenvalue weighted by Crippen LogP contribution is -2.33. The number of carbonyl (C=O) groups excluding carboxylic acids is 2. The summed E-state index contributed by atoms with van der Waals surface area (Å²) in [7, 11) is 0. The van der Waals surface area contributed by atoms with Crippen molar-refractivity contribution >= 4 is 11.6 Å². The fraction of sp³-hybridized carbons (Fsp3) is 0.122. The third kappa shape index (κ3) is 3.53. The quantitative estimate of drug-likeness (QED) is 0.208. The van der Waals surface area contributed by atoms with Crippen LogP contribution in [0.3, 0.4) is 0 Å². The molecular formula is C41H30O2. The van der Waals surface area contributed by atoms with Gasteiger partial charge in [0.15, 0.2) is 11.6 Å². The van der Waals surface area contributed by atoms with Crippen LogP contribution in [0.4, 0.5) is 0 Å². The Morgan fingerprint density at radius 2 is 1.12 bits per heavy atom. The molecule has 0 amide bonds. The highest BCUT2D eigenvalue weighted by atomic mass is 16.1. The number of hydrogen-bond acceptors (Lipinski definition) is 2. The van der Waals surface area contributed by atoms with Crippen LogP contribution >= 0.6 is 0 Å². The summed E-state index contributed by atoms with van der Waals surface area (Å²) in [5.74, 6) is 0.344. The van der Waals surface area contributed by atoms with Gasteiger partial charge in [-0.05, 0) is 70.5 Å². The molecule has 0 saturated heterocycles. The molecule has 0 saturated carbocycles. The maximum atomic E-state index is 13.9. The molecule has 0 radical (unpaired) electrons. The number of fused-ring (bicyclic) bond motifs is 10. The molecule has 3 aliphatic rings. The molecule has 2 nitrogen and oxygen atoms in total. The third-order valence-electron chi connectivity index (χ3n) is 9.86. The lowest BCUT2D eigenvalue weighted by molar-refractivity contribution is 0.103. The van der Waals surface area contributed by atoms with Gasteiger partial charge >= 0.3 is 0 Å². The summed E-state index contributed by atoms with van der Waals surface area (Å²) in [6.07, 6.45) is 8.91. The number of benzene rings is 5. The zero-order valence-electron chi connectivity index (χ0n) is 24.2. The Morgan fingerprint density at radius 3 is 1.81 bits per heavy atom. The van der Waals surface area contributed by atoms with Gasteiger partial charge in [0.25, 0.3) is 0 Å². The Labute approximate surface area is 252 Å². The standard InChI is InChI=1S/C41H30O2/c1-25-11-3-5-13-29(25)39(42)27-19-21-33-31-15-7-9-17-35(31)41(37(33)23-27)36-18-10-8-16-32(36)34-22-20-28(24-38(34)41)40(43)30-14-6-4-12-26(30)2/h3-24,31,35H,1-2H3. The van der Waals surface area contributed by atoms with E-state index in [4.69, 9.17) is 0 Å². The highest BCUT2D eigenvalue weighted by Crippen LogP contribution is 2.65. The summed E-state index contributed by atoms with van der Waals surface area (Å²) in [5.41, 5.74) is 11.4. The van der Waals surface area contributed by atoms with E-state index in [1.165, 1.54) is 16.7 Å². The molecule has 0 fully saturated rings. The van der Waals surface area contributed by atoms with Gasteiger partial charge in [-0.3, -0.25) is 9.59 Å². The molecule has 5 aromatic carbocycles. The lowest BCUT2D eigenvalue weighted by Gasteiger charge is -2.36. The summed E-state index contributed by atoms with van der Waals surface area (Å²) < 4.78 is 0. The Balaban J connectivity index is 1.39. The van der Waals surface area contributed by atoms with Crippen molar-refractivity contribution in [2.45, 2.75) is 25.2 Å². The van der Waals surface area contributed by atoms with Crippen molar-refractivity contribution in [2.75, 3.05) is 0 Å². The van der Waals surface area contributed by atoms with E-state index in [1.807, 2.05) is 74.5 Å². The van der Waals surface area contributed by atoms with Crippen LogP contribution in [0.25, 0.3) is 11.1 Å². The molecular weight excluding hydrogens is 524 g/mol. The van der Waals surface area contributed by atoms with Crippen LogP contribution in [0.15, 0.2) is 133 Å². The van der Waals surface area contributed by atoms with Crippen molar-refractivity contribution in [2.24, 2.45) is 5.92 Å². The van der Waals surface area contributed by atoms with Crippen molar-refractivity contribution in [1.82, 2.24) is 0 Å². The number of aryl methyl sites for hydroxylation is 2. The number of hydrogen-bond donors (Lipinski definition) is 0. The van der Waals surface area contributed by atoms with E-state index in [9.17, 15) is 9.59 Å². The second-order valence-corrected chi connectivity index (χ2v) is 12.0. The van der Waals surface area contributed by atoms with E-state index >= 15 is 0 Å². The monoisotopic (exact) mass is 554 g/mol. The summed E-state index contributed by atoms with van der Waals surface area (Å²) >= 11 is 0. The van der Waals surface area contributed by atoms with Crippen LogP contribution in [-0.2, 0) is 5.41 Å². The molecule has 2 heteroatoms. The van der Waals surface area contributed by atoms with Gasteiger partial charge in [0.2, 0.25) is 0 Å². The van der Waals surface area contributed by atoms with E-state index in [2.05, 4.69) is 72.8 Å². The minimum absolute atomic E-state index is 0.0318. The first-order chi connectivity index (χ1) is 21.0. The van der Waals surface area contributed by atoms with Gasteiger partial charge in [-0.25, -0.2) is 0 Å². The van der Waals surface area contributed by atoms with Crippen LogP contribution in [-0.4, -0.2) is 11.6 Å². The zero-order chi connectivity index (χ0) is 29.3. The molecule has 5 aromatic rings. The normalized spacial score (nSPS) is 20.4. The first-order valence-electron chi connectivity index (χ1n) is 14.9. The van der Waals surface area contributed by atoms with Gasteiger partial charge in [-0.2, -0.15) is 0 Å². The molecule has 0 N–H and O–H groups in total. The fourth-order valence-corrected chi connectivity index (χ4v) is 7.90. The molecule has 0 aromatic heterocycles. The van der Waals surface area contributed by atoms with Gasteiger partial charge in [-0.1, -0.05) is 121 Å². The minimum atomic E-state index is -0.531. The first kappa shape index (κ1) is 25.6. The predicted molar refractivity (Wildman–Crippen MR) is 172 cm³/mol.